The number of nitrogens with one attached hydrogen (secondary N) is 2. The predicted molar refractivity (Wildman–Crippen MR) is 186 cm³/mol. The summed E-state index contributed by atoms with van der Waals surface area (Å²) in [7, 11) is -3.27. The van der Waals surface area contributed by atoms with Crippen LogP contribution in [0.4, 0.5) is 11.4 Å². The van der Waals surface area contributed by atoms with Crippen LogP contribution in [-0.2, 0) is 22.7 Å². The molecule has 0 spiro atoms. The summed E-state index contributed by atoms with van der Waals surface area (Å²) in [6.07, 6.45) is 1.26. The van der Waals surface area contributed by atoms with Crippen LogP contribution in [0.2, 0.25) is 0 Å². The van der Waals surface area contributed by atoms with E-state index in [9.17, 15) is 29.7 Å². The Morgan fingerprint density at radius 2 is 0.978 bits per heavy atom. The summed E-state index contributed by atoms with van der Waals surface area (Å²) >= 11 is 0. The molecule has 3 aromatic rings. The van der Waals surface area contributed by atoms with Crippen LogP contribution in [-0.4, -0.2) is 72.3 Å². The lowest BCUT2D eigenvalue weighted by Crippen LogP contribution is -2.38. The third kappa shape index (κ3) is 10.9. The van der Waals surface area contributed by atoms with E-state index in [1.165, 1.54) is 0 Å². The van der Waals surface area contributed by atoms with Crippen molar-refractivity contribution in [3.63, 3.8) is 0 Å². The van der Waals surface area contributed by atoms with Crippen molar-refractivity contribution in [2.75, 3.05) is 36.0 Å². The van der Waals surface area contributed by atoms with Crippen LogP contribution in [0.1, 0.15) is 37.8 Å². The van der Waals surface area contributed by atoms with Gasteiger partial charge in [-0.25, -0.2) is 0 Å². The molecule has 242 valence electrons. The molecule has 0 heterocycles. The van der Waals surface area contributed by atoms with Gasteiger partial charge in [0, 0.05) is 72.7 Å². The minimum atomic E-state index is -1.63. The van der Waals surface area contributed by atoms with Gasteiger partial charge >= 0.3 is 14.2 Å². The largest absolute Gasteiger partial charge is 0.490 e. The molecule has 0 radical (unpaired) electrons. The van der Waals surface area contributed by atoms with E-state index >= 15 is 0 Å². The number of nitrogens with zero attached hydrogens (tertiary/aromatic N) is 2. The van der Waals surface area contributed by atoms with Crippen LogP contribution < -0.4 is 31.4 Å². The zero-order chi connectivity index (χ0) is 33.6. The van der Waals surface area contributed by atoms with E-state index in [1.54, 1.807) is 38.1 Å². The number of carbonyl (C=O) groups is 2. The van der Waals surface area contributed by atoms with Crippen molar-refractivity contribution in [2.24, 2.45) is 0 Å². The third-order valence-corrected chi connectivity index (χ3v) is 7.44. The second-order valence-corrected chi connectivity index (χ2v) is 11.3. The fraction of sp³-hybridized carbons (Fsp3) is 0.294. The van der Waals surface area contributed by atoms with Gasteiger partial charge in [0.1, 0.15) is 0 Å². The lowest BCUT2D eigenvalue weighted by atomic mass is 9.78. The van der Waals surface area contributed by atoms with Crippen LogP contribution in [0.5, 0.6) is 0 Å². The zero-order valence-corrected chi connectivity index (χ0v) is 26.7. The van der Waals surface area contributed by atoms with Gasteiger partial charge in [-0.15, -0.1) is 0 Å². The summed E-state index contributed by atoms with van der Waals surface area (Å²) in [6.45, 7) is 13.6. The maximum atomic E-state index is 11.9. The second kappa shape index (κ2) is 18.0. The first-order chi connectivity index (χ1) is 22.0. The predicted octanol–water partition coefficient (Wildman–Crippen LogP) is 1.22. The third-order valence-electron chi connectivity index (χ3n) is 7.44. The molecular weight excluding hydrogens is 582 g/mol. The van der Waals surface area contributed by atoms with Gasteiger partial charge in [0.25, 0.3) is 0 Å². The minimum Gasteiger partial charge on any atom is -0.423 e. The molecule has 0 bridgehead atoms. The lowest BCUT2D eigenvalue weighted by Gasteiger charge is -2.29. The number of amides is 2. The summed E-state index contributed by atoms with van der Waals surface area (Å²) in [6, 6.07) is 22.3. The van der Waals surface area contributed by atoms with Crippen LogP contribution >= 0.6 is 0 Å². The smallest absolute Gasteiger partial charge is 0.423 e. The van der Waals surface area contributed by atoms with E-state index in [0.29, 0.717) is 85.6 Å². The van der Waals surface area contributed by atoms with Crippen molar-refractivity contribution in [1.82, 2.24) is 10.6 Å². The molecule has 12 heteroatoms. The zero-order valence-electron chi connectivity index (χ0n) is 26.7. The maximum Gasteiger partial charge on any atom is 0.490 e. The molecule has 0 saturated carbocycles. The lowest BCUT2D eigenvalue weighted by molar-refractivity contribution is -0.118. The highest BCUT2D eigenvalue weighted by Crippen LogP contribution is 2.20. The second-order valence-electron chi connectivity index (χ2n) is 11.3. The van der Waals surface area contributed by atoms with E-state index in [4.69, 9.17) is 0 Å². The molecular formula is C34H44B2N4O6. The van der Waals surface area contributed by atoms with Gasteiger partial charge in [0.15, 0.2) is 0 Å². The normalized spacial score (nSPS) is 10.6. The molecule has 10 nitrogen and oxygen atoms in total. The molecule has 46 heavy (non-hydrogen) atoms. The molecule has 0 aliphatic carbocycles. The quantitative estimate of drug-likeness (QED) is 0.0703. The highest BCUT2D eigenvalue weighted by Gasteiger charge is 2.21. The van der Waals surface area contributed by atoms with Crippen molar-refractivity contribution in [3.8, 4) is 0 Å². The number of hydrogen-bond acceptors (Lipinski definition) is 8. The highest BCUT2D eigenvalue weighted by molar-refractivity contribution is 6.61. The highest BCUT2D eigenvalue weighted by atomic mass is 16.4. The SMILES string of the molecule is C=C(C)C(=O)NCCCN(Cc1ccc(CN(CCCNC(=O)C(=C)C)c2ccccc2B(O)O)cc1)c1ccccc1B(O)O. The Balaban J connectivity index is 1.78. The molecule has 3 aromatic carbocycles. The van der Waals surface area contributed by atoms with Gasteiger partial charge in [-0.1, -0.05) is 73.8 Å². The Morgan fingerprint density at radius 1 is 0.630 bits per heavy atom. The minimum absolute atomic E-state index is 0.199. The molecule has 0 atom stereocenters. The van der Waals surface area contributed by atoms with Crippen molar-refractivity contribution in [1.29, 1.82) is 0 Å². The Labute approximate surface area is 272 Å². The van der Waals surface area contributed by atoms with Crippen molar-refractivity contribution < 1.29 is 29.7 Å². The van der Waals surface area contributed by atoms with Crippen LogP contribution in [0.15, 0.2) is 97.1 Å². The molecule has 0 aliphatic heterocycles. The van der Waals surface area contributed by atoms with Crippen LogP contribution in [0.3, 0.4) is 0 Å². The first-order valence-electron chi connectivity index (χ1n) is 15.3. The standard InChI is InChI=1S/C34H44B2N4O6/c1-25(2)33(41)37-19-9-21-39(31-13-7-5-11-29(31)35(43)44)23-27-15-17-28(18-16-27)24-40(22-10-20-38-34(42)26(3)4)32-14-8-6-12-30(32)36(45)46/h5-8,11-18,43-46H,1,3,9-10,19-24H2,2,4H3,(H,37,41)(H,38,42). The summed E-state index contributed by atoms with van der Waals surface area (Å²) < 4.78 is 0. The fourth-order valence-electron chi connectivity index (χ4n) is 4.99. The molecule has 0 aliphatic rings. The van der Waals surface area contributed by atoms with Gasteiger partial charge in [-0.2, -0.15) is 0 Å². The van der Waals surface area contributed by atoms with E-state index in [1.807, 2.05) is 48.5 Å². The molecule has 3 rings (SSSR count). The summed E-state index contributed by atoms with van der Waals surface area (Å²) in [5, 5.41) is 45.8. The molecule has 0 aromatic heterocycles. The van der Waals surface area contributed by atoms with Crippen LogP contribution in [0.25, 0.3) is 0 Å². The van der Waals surface area contributed by atoms with Gasteiger partial charge in [-0.05, 0) is 49.9 Å². The van der Waals surface area contributed by atoms with Gasteiger partial charge in [-0.3, -0.25) is 9.59 Å². The Morgan fingerprint density at radius 3 is 1.30 bits per heavy atom. The first-order valence-corrected chi connectivity index (χ1v) is 15.3. The number of hydrogen-bond donors (Lipinski definition) is 6. The van der Waals surface area contributed by atoms with Gasteiger partial charge < -0.3 is 40.5 Å². The van der Waals surface area contributed by atoms with E-state index in [-0.39, 0.29) is 11.8 Å². The van der Waals surface area contributed by atoms with Gasteiger partial charge in [0.2, 0.25) is 11.8 Å². The average Bonchev–Trinajstić information content (AvgIpc) is 3.04. The van der Waals surface area contributed by atoms with E-state index in [2.05, 4.69) is 33.6 Å². The fourth-order valence-corrected chi connectivity index (χ4v) is 4.99. The molecule has 0 fully saturated rings. The summed E-state index contributed by atoms with van der Waals surface area (Å²) in [5.41, 5.74) is 5.04. The summed E-state index contributed by atoms with van der Waals surface area (Å²) in [5.74, 6) is -0.398. The number of para-hydroxylation sites is 2. The number of rotatable bonds is 18. The maximum absolute atomic E-state index is 11.9. The Hall–Kier alpha value is -4.35. The van der Waals surface area contributed by atoms with Crippen molar-refractivity contribution in [2.45, 2.75) is 39.8 Å². The molecule has 6 N–H and O–H groups in total. The van der Waals surface area contributed by atoms with Gasteiger partial charge in [0.05, 0.1) is 0 Å². The van der Waals surface area contributed by atoms with Crippen molar-refractivity contribution >= 4 is 48.4 Å². The average molecular weight is 626 g/mol. The molecule has 2 amide bonds. The van der Waals surface area contributed by atoms with Crippen molar-refractivity contribution in [3.05, 3.63) is 108 Å². The monoisotopic (exact) mass is 626 g/mol. The number of benzene rings is 3. The molecule has 0 unspecified atom stereocenters. The van der Waals surface area contributed by atoms with Crippen LogP contribution in [0, 0.1) is 0 Å². The topological polar surface area (TPSA) is 146 Å². The van der Waals surface area contributed by atoms with E-state index in [0.717, 1.165) is 11.1 Å². The number of anilines is 2. The Bertz CT molecular complexity index is 1370. The summed E-state index contributed by atoms with van der Waals surface area (Å²) in [4.78, 5) is 28.0. The first kappa shape index (κ1) is 36.1. The number of carbonyl (C=O) groups excluding carboxylic acids is 2. The van der Waals surface area contributed by atoms with E-state index < -0.39 is 14.2 Å². The molecule has 0 saturated heterocycles. The Kier molecular flexibility index (Phi) is 14.1.